The van der Waals surface area contributed by atoms with Crippen LogP contribution in [0.3, 0.4) is 0 Å². The molecule has 0 unspecified atom stereocenters. The third-order valence-electron chi connectivity index (χ3n) is 6.59. The van der Waals surface area contributed by atoms with Crippen molar-refractivity contribution in [3.8, 4) is 0 Å². The molecule has 3 nitrogen and oxygen atoms in total. The van der Waals surface area contributed by atoms with E-state index < -0.39 is 0 Å². The van der Waals surface area contributed by atoms with Gasteiger partial charge in [-0.2, -0.15) is 0 Å². The van der Waals surface area contributed by atoms with Crippen molar-refractivity contribution in [1.82, 2.24) is 4.90 Å². The van der Waals surface area contributed by atoms with Gasteiger partial charge in [0.15, 0.2) is 0 Å². The lowest BCUT2D eigenvalue weighted by Gasteiger charge is -2.40. The summed E-state index contributed by atoms with van der Waals surface area (Å²) in [6, 6.07) is 8.70. The van der Waals surface area contributed by atoms with Crippen LogP contribution < -0.4 is 5.32 Å². The summed E-state index contributed by atoms with van der Waals surface area (Å²) in [7, 11) is 0. The van der Waals surface area contributed by atoms with Crippen molar-refractivity contribution >= 4 is 11.6 Å². The highest BCUT2D eigenvalue weighted by Crippen LogP contribution is 2.36. The molecule has 150 valence electrons. The molecule has 1 amide bonds. The lowest BCUT2D eigenvalue weighted by atomic mass is 9.85. The summed E-state index contributed by atoms with van der Waals surface area (Å²) in [5, 5.41) is 3.71. The van der Waals surface area contributed by atoms with E-state index in [4.69, 9.17) is 0 Å². The van der Waals surface area contributed by atoms with Gasteiger partial charge in [0.1, 0.15) is 5.54 Å². The Labute approximate surface area is 165 Å². The number of piperidine rings is 1. The van der Waals surface area contributed by atoms with Gasteiger partial charge in [-0.15, -0.1) is 0 Å². The SMILES string of the molecule is CC(C)Cc1cccc(NC2(C(=O)N3CCC(C(C)C)CC3)CCCC2)c1. The smallest absolute Gasteiger partial charge is 0.248 e. The molecule has 0 atom stereocenters. The Morgan fingerprint density at radius 3 is 2.41 bits per heavy atom. The number of carbonyl (C=O) groups is 1. The first-order valence-corrected chi connectivity index (χ1v) is 11.1. The molecule has 3 rings (SSSR count). The molecule has 0 aromatic heterocycles. The van der Waals surface area contributed by atoms with Gasteiger partial charge in [0.2, 0.25) is 5.91 Å². The molecular weight excluding hydrogens is 332 g/mol. The number of hydrogen-bond acceptors (Lipinski definition) is 2. The normalized spacial score (nSPS) is 20.4. The maximum atomic E-state index is 13.5. The van der Waals surface area contributed by atoms with E-state index in [-0.39, 0.29) is 5.54 Å². The minimum atomic E-state index is -0.388. The summed E-state index contributed by atoms with van der Waals surface area (Å²) in [4.78, 5) is 15.7. The van der Waals surface area contributed by atoms with Crippen LogP contribution in [-0.4, -0.2) is 29.4 Å². The van der Waals surface area contributed by atoms with Crippen LogP contribution in [0, 0.1) is 17.8 Å². The van der Waals surface area contributed by atoms with E-state index in [1.54, 1.807) is 0 Å². The fourth-order valence-electron chi connectivity index (χ4n) is 4.97. The molecule has 2 aliphatic rings. The topological polar surface area (TPSA) is 32.3 Å². The van der Waals surface area contributed by atoms with Gasteiger partial charge in [-0.25, -0.2) is 0 Å². The average Bonchev–Trinajstić information content (AvgIpc) is 3.10. The summed E-state index contributed by atoms with van der Waals surface area (Å²) in [6.07, 6.45) is 7.61. The number of nitrogens with one attached hydrogen (secondary N) is 1. The van der Waals surface area contributed by atoms with Crippen molar-refractivity contribution in [2.75, 3.05) is 18.4 Å². The highest BCUT2D eigenvalue weighted by Gasteiger charge is 2.44. The Morgan fingerprint density at radius 1 is 1.15 bits per heavy atom. The minimum Gasteiger partial charge on any atom is -0.371 e. The molecule has 0 spiro atoms. The van der Waals surface area contributed by atoms with Gasteiger partial charge < -0.3 is 10.2 Å². The molecule has 1 aromatic rings. The zero-order valence-electron chi connectivity index (χ0n) is 17.8. The number of rotatable bonds is 6. The number of benzene rings is 1. The fraction of sp³-hybridized carbons (Fsp3) is 0.708. The molecule has 1 aliphatic heterocycles. The quantitative estimate of drug-likeness (QED) is 0.716. The molecular formula is C24H38N2O. The second-order valence-electron chi connectivity index (χ2n) is 9.59. The van der Waals surface area contributed by atoms with E-state index in [9.17, 15) is 4.79 Å². The molecule has 1 heterocycles. The Balaban J connectivity index is 1.71. The maximum absolute atomic E-state index is 13.5. The van der Waals surface area contributed by atoms with Crippen molar-refractivity contribution in [2.24, 2.45) is 17.8 Å². The largest absolute Gasteiger partial charge is 0.371 e. The van der Waals surface area contributed by atoms with Gasteiger partial charge in [-0.1, -0.05) is 52.7 Å². The summed E-state index contributed by atoms with van der Waals surface area (Å²) < 4.78 is 0. The number of amides is 1. The number of likely N-dealkylation sites (tertiary alicyclic amines) is 1. The number of carbonyl (C=O) groups excluding carboxylic acids is 1. The Bertz CT molecular complexity index is 623. The highest BCUT2D eigenvalue weighted by molar-refractivity contribution is 5.90. The van der Waals surface area contributed by atoms with Crippen LogP contribution in [0.25, 0.3) is 0 Å². The third-order valence-corrected chi connectivity index (χ3v) is 6.59. The van der Waals surface area contributed by atoms with Crippen LogP contribution in [-0.2, 0) is 11.2 Å². The summed E-state index contributed by atoms with van der Waals surface area (Å²) in [5.41, 5.74) is 2.08. The molecule has 27 heavy (non-hydrogen) atoms. The van der Waals surface area contributed by atoms with Crippen LogP contribution in [0.2, 0.25) is 0 Å². The van der Waals surface area contributed by atoms with Crippen LogP contribution in [0.1, 0.15) is 71.8 Å². The van der Waals surface area contributed by atoms with Gasteiger partial charge in [-0.3, -0.25) is 4.79 Å². The van der Waals surface area contributed by atoms with Crippen LogP contribution >= 0.6 is 0 Å². The molecule has 2 fully saturated rings. The van der Waals surface area contributed by atoms with Crippen molar-refractivity contribution in [3.05, 3.63) is 29.8 Å². The van der Waals surface area contributed by atoms with E-state index in [0.29, 0.717) is 11.8 Å². The van der Waals surface area contributed by atoms with Gasteiger partial charge in [0.05, 0.1) is 0 Å². The zero-order chi connectivity index (χ0) is 19.4. The van der Waals surface area contributed by atoms with Gasteiger partial charge in [-0.05, 0) is 67.6 Å². The zero-order valence-corrected chi connectivity index (χ0v) is 17.8. The number of anilines is 1. The number of hydrogen-bond donors (Lipinski definition) is 1. The molecule has 0 radical (unpaired) electrons. The molecule has 1 aromatic carbocycles. The molecule has 1 saturated heterocycles. The fourth-order valence-corrected chi connectivity index (χ4v) is 4.97. The monoisotopic (exact) mass is 370 g/mol. The predicted octanol–water partition coefficient (Wildman–Crippen LogP) is 5.50. The van der Waals surface area contributed by atoms with E-state index in [2.05, 4.69) is 62.2 Å². The van der Waals surface area contributed by atoms with Gasteiger partial charge in [0, 0.05) is 18.8 Å². The predicted molar refractivity (Wildman–Crippen MR) is 114 cm³/mol. The van der Waals surface area contributed by atoms with Gasteiger partial charge in [0.25, 0.3) is 0 Å². The van der Waals surface area contributed by atoms with Crippen LogP contribution in [0.4, 0.5) is 5.69 Å². The molecule has 1 aliphatic carbocycles. The van der Waals surface area contributed by atoms with Crippen molar-refractivity contribution in [1.29, 1.82) is 0 Å². The minimum absolute atomic E-state index is 0.344. The first kappa shape index (κ1) is 20.2. The average molecular weight is 371 g/mol. The standard InChI is InChI=1S/C24H38N2O/c1-18(2)16-20-8-7-9-22(17-20)25-24(12-5-6-13-24)23(27)26-14-10-21(11-15-26)19(3)4/h7-9,17-19,21,25H,5-6,10-16H2,1-4H3. The van der Waals surface area contributed by atoms with Crippen molar-refractivity contribution in [2.45, 2.75) is 78.2 Å². The molecule has 1 saturated carbocycles. The van der Waals surface area contributed by atoms with Gasteiger partial charge >= 0.3 is 0 Å². The van der Waals surface area contributed by atoms with Crippen molar-refractivity contribution in [3.63, 3.8) is 0 Å². The Morgan fingerprint density at radius 2 is 1.81 bits per heavy atom. The molecule has 1 N–H and O–H groups in total. The lowest BCUT2D eigenvalue weighted by molar-refractivity contribution is -0.137. The summed E-state index contributed by atoms with van der Waals surface area (Å²) in [6.45, 7) is 11.0. The second-order valence-corrected chi connectivity index (χ2v) is 9.59. The van der Waals surface area contributed by atoms with Crippen LogP contribution in [0.15, 0.2) is 24.3 Å². The Hall–Kier alpha value is -1.51. The first-order valence-electron chi connectivity index (χ1n) is 11.1. The second kappa shape index (κ2) is 8.67. The van der Waals surface area contributed by atoms with Crippen molar-refractivity contribution < 1.29 is 4.79 Å². The molecule has 0 bridgehead atoms. The maximum Gasteiger partial charge on any atom is 0.248 e. The van der Waals surface area contributed by atoms with E-state index in [1.165, 1.54) is 5.56 Å². The summed E-state index contributed by atoms with van der Waals surface area (Å²) in [5.74, 6) is 2.49. The highest BCUT2D eigenvalue weighted by atomic mass is 16.2. The van der Waals surface area contributed by atoms with E-state index in [0.717, 1.165) is 75.6 Å². The lowest BCUT2D eigenvalue weighted by Crippen LogP contribution is -2.54. The van der Waals surface area contributed by atoms with E-state index >= 15 is 0 Å². The Kier molecular flexibility index (Phi) is 6.49. The molecule has 3 heteroatoms. The first-order chi connectivity index (χ1) is 12.9. The van der Waals surface area contributed by atoms with Crippen LogP contribution in [0.5, 0.6) is 0 Å². The van der Waals surface area contributed by atoms with E-state index in [1.807, 2.05) is 0 Å². The summed E-state index contributed by atoms with van der Waals surface area (Å²) >= 11 is 0. The number of nitrogens with zero attached hydrogens (tertiary/aromatic N) is 1. The third kappa shape index (κ3) is 4.86.